The number of carbonyl (C=O) groups excluding carboxylic acids is 1. The summed E-state index contributed by atoms with van der Waals surface area (Å²) in [6, 6.07) is 4.13. The van der Waals surface area contributed by atoms with Crippen LogP contribution < -0.4 is 5.32 Å². The summed E-state index contributed by atoms with van der Waals surface area (Å²) in [4.78, 5) is 12.3. The van der Waals surface area contributed by atoms with E-state index in [1.54, 1.807) is 13.2 Å². The molecule has 6 nitrogen and oxygen atoms in total. The molecule has 1 heterocycles. The largest absolute Gasteiger partial charge is 0.396 e. The Kier molecular flexibility index (Phi) is 6.04. The number of methoxy groups -OCH3 is 1. The smallest absolute Gasteiger partial charge is 0.261 e. The third kappa shape index (κ3) is 4.30. The molecule has 1 unspecified atom stereocenters. The van der Waals surface area contributed by atoms with Crippen LogP contribution >= 0.6 is 0 Å². The first-order valence-electron chi connectivity index (χ1n) is 8.55. The van der Waals surface area contributed by atoms with Crippen molar-refractivity contribution in [2.45, 2.75) is 39.7 Å². The van der Waals surface area contributed by atoms with Crippen LogP contribution in [0.4, 0.5) is 0 Å². The van der Waals surface area contributed by atoms with E-state index in [-0.39, 0.29) is 23.6 Å². The fraction of sp³-hybridized carbons (Fsp3) is 0.579. The number of hydrogen-bond acceptors (Lipinski definition) is 4. The Balaban J connectivity index is 2.17. The summed E-state index contributed by atoms with van der Waals surface area (Å²) in [6.45, 7) is 7.11. The van der Waals surface area contributed by atoms with Crippen LogP contribution in [-0.2, 0) is 9.53 Å². The summed E-state index contributed by atoms with van der Waals surface area (Å²) in [6.07, 6.45) is 3.45. The Bertz CT molecular complexity index is 708. The normalized spacial score (nSPS) is 17.0. The Morgan fingerprint density at radius 2 is 2.24 bits per heavy atom. The van der Waals surface area contributed by atoms with Crippen LogP contribution in [0.1, 0.15) is 42.8 Å². The maximum atomic E-state index is 12.3. The van der Waals surface area contributed by atoms with Crippen LogP contribution in [0.25, 0.3) is 6.08 Å². The first-order valence-corrected chi connectivity index (χ1v) is 8.55. The van der Waals surface area contributed by atoms with Crippen molar-refractivity contribution in [1.29, 1.82) is 5.26 Å². The number of hydrogen-bond donors (Lipinski definition) is 2. The van der Waals surface area contributed by atoms with Crippen molar-refractivity contribution in [2.75, 3.05) is 26.9 Å². The lowest BCUT2D eigenvalue weighted by Crippen LogP contribution is -2.32. The van der Waals surface area contributed by atoms with Gasteiger partial charge >= 0.3 is 0 Å². The molecule has 2 N–H and O–H groups in total. The number of amides is 1. The van der Waals surface area contributed by atoms with Gasteiger partial charge in [-0.25, -0.2) is 0 Å². The van der Waals surface area contributed by atoms with E-state index in [1.807, 2.05) is 26.0 Å². The maximum absolute atomic E-state index is 12.3. The van der Waals surface area contributed by atoms with Gasteiger partial charge in [0, 0.05) is 30.5 Å². The van der Waals surface area contributed by atoms with Gasteiger partial charge in [-0.15, -0.1) is 0 Å². The summed E-state index contributed by atoms with van der Waals surface area (Å²) >= 11 is 0. The fourth-order valence-corrected chi connectivity index (χ4v) is 3.18. The number of ether oxygens (including phenoxy) is 1. The van der Waals surface area contributed by atoms with Crippen molar-refractivity contribution in [3.8, 4) is 6.07 Å². The van der Waals surface area contributed by atoms with E-state index in [0.717, 1.165) is 29.8 Å². The quantitative estimate of drug-likeness (QED) is 0.558. The highest BCUT2D eigenvalue weighted by Gasteiger charge is 2.42. The zero-order chi connectivity index (χ0) is 18.6. The summed E-state index contributed by atoms with van der Waals surface area (Å²) in [5.41, 5.74) is 2.81. The summed E-state index contributed by atoms with van der Waals surface area (Å²) < 4.78 is 7.37. The molecule has 0 radical (unpaired) electrons. The predicted octanol–water partition coefficient (Wildman–Crippen LogP) is 2.11. The molecular formula is C19H27N3O3. The number of rotatable bonds is 8. The third-order valence-corrected chi connectivity index (χ3v) is 4.95. The van der Waals surface area contributed by atoms with Crippen LogP contribution in [0, 0.1) is 30.6 Å². The molecule has 1 amide bonds. The minimum Gasteiger partial charge on any atom is -0.396 e. The van der Waals surface area contributed by atoms with Gasteiger partial charge in [0.05, 0.1) is 19.3 Å². The van der Waals surface area contributed by atoms with Crippen molar-refractivity contribution >= 4 is 12.0 Å². The molecule has 0 saturated heterocycles. The van der Waals surface area contributed by atoms with Crippen molar-refractivity contribution in [1.82, 2.24) is 9.88 Å². The van der Waals surface area contributed by atoms with E-state index in [9.17, 15) is 15.2 Å². The lowest BCUT2D eigenvalue weighted by molar-refractivity contribution is -0.117. The summed E-state index contributed by atoms with van der Waals surface area (Å²) in [5.74, 6) is -0.392. The Morgan fingerprint density at radius 3 is 2.76 bits per heavy atom. The molecular weight excluding hydrogens is 318 g/mol. The second-order valence-corrected chi connectivity index (χ2v) is 7.01. The number of aromatic nitrogens is 1. The van der Waals surface area contributed by atoms with Crippen LogP contribution in [0.2, 0.25) is 0 Å². The van der Waals surface area contributed by atoms with Crippen molar-refractivity contribution in [2.24, 2.45) is 5.41 Å². The van der Waals surface area contributed by atoms with Gasteiger partial charge in [0.25, 0.3) is 5.91 Å². The minimum absolute atomic E-state index is 0.0669. The van der Waals surface area contributed by atoms with Gasteiger partial charge in [0.2, 0.25) is 0 Å². The molecule has 0 aromatic carbocycles. The second kappa shape index (κ2) is 7.85. The summed E-state index contributed by atoms with van der Waals surface area (Å²) in [5, 5.41) is 21.5. The number of nitriles is 1. The molecule has 1 aromatic rings. The van der Waals surface area contributed by atoms with E-state index in [0.29, 0.717) is 13.2 Å². The Hall–Kier alpha value is -2.10. The highest BCUT2D eigenvalue weighted by molar-refractivity contribution is 6.01. The van der Waals surface area contributed by atoms with Crippen LogP contribution in [0.3, 0.4) is 0 Å². The SMILES string of the molecule is COCC(C)n1c(C)cc(/C=C(/C#N)C(=O)NCC2(CO)CC2)c1C. The minimum atomic E-state index is -0.392. The molecule has 25 heavy (non-hydrogen) atoms. The maximum Gasteiger partial charge on any atom is 0.261 e. The first kappa shape index (κ1) is 19.2. The first-order chi connectivity index (χ1) is 11.9. The molecule has 2 rings (SSSR count). The third-order valence-electron chi connectivity index (χ3n) is 4.95. The van der Waals surface area contributed by atoms with Gasteiger partial charge in [0.15, 0.2) is 0 Å². The average Bonchev–Trinajstić information content (AvgIpc) is 3.31. The number of aliphatic hydroxyl groups is 1. The highest BCUT2D eigenvalue weighted by Crippen LogP contribution is 2.44. The topological polar surface area (TPSA) is 87.3 Å². The van der Waals surface area contributed by atoms with Gasteiger partial charge in [-0.3, -0.25) is 4.79 Å². The molecule has 136 valence electrons. The van der Waals surface area contributed by atoms with Gasteiger partial charge in [-0.05, 0) is 51.3 Å². The molecule has 0 bridgehead atoms. The number of aryl methyl sites for hydroxylation is 1. The van der Waals surface area contributed by atoms with E-state index < -0.39 is 5.91 Å². The molecule has 1 aliphatic carbocycles. The molecule has 0 spiro atoms. The molecule has 1 fully saturated rings. The zero-order valence-electron chi connectivity index (χ0n) is 15.4. The molecule has 1 aliphatic rings. The van der Waals surface area contributed by atoms with Gasteiger partial charge in [0.1, 0.15) is 11.6 Å². The molecule has 0 aliphatic heterocycles. The zero-order valence-corrected chi connectivity index (χ0v) is 15.4. The monoisotopic (exact) mass is 345 g/mol. The van der Waals surface area contributed by atoms with Gasteiger partial charge < -0.3 is 19.7 Å². The van der Waals surface area contributed by atoms with Crippen molar-refractivity contribution < 1.29 is 14.6 Å². The Morgan fingerprint density at radius 1 is 1.56 bits per heavy atom. The fourth-order valence-electron chi connectivity index (χ4n) is 3.18. The molecule has 6 heteroatoms. The molecule has 1 aromatic heterocycles. The number of carbonyl (C=O) groups is 1. The summed E-state index contributed by atoms with van der Waals surface area (Å²) in [7, 11) is 1.67. The lowest BCUT2D eigenvalue weighted by atomic mass is 10.1. The van der Waals surface area contributed by atoms with Crippen LogP contribution in [0.5, 0.6) is 0 Å². The highest BCUT2D eigenvalue weighted by atomic mass is 16.5. The number of aliphatic hydroxyl groups excluding tert-OH is 1. The van der Waals surface area contributed by atoms with Crippen LogP contribution in [-0.4, -0.2) is 42.4 Å². The van der Waals surface area contributed by atoms with E-state index >= 15 is 0 Å². The standard InChI is InChI=1S/C19H27N3O3/c1-13-7-16(15(3)22(13)14(2)10-25-4)8-17(9-20)18(24)21-11-19(12-23)5-6-19/h7-8,14,23H,5-6,10-12H2,1-4H3,(H,21,24)/b17-8-. The molecule has 1 atom stereocenters. The van der Waals surface area contributed by atoms with Gasteiger partial charge in [-0.1, -0.05) is 0 Å². The van der Waals surface area contributed by atoms with Gasteiger partial charge in [-0.2, -0.15) is 5.26 Å². The number of nitrogens with one attached hydrogen (secondary N) is 1. The second-order valence-electron chi connectivity index (χ2n) is 7.01. The van der Waals surface area contributed by atoms with Crippen molar-refractivity contribution in [3.63, 3.8) is 0 Å². The lowest BCUT2D eigenvalue weighted by Gasteiger charge is -2.17. The van der Waals surface area contributed by atoms with Crippen molar-refractivity contribution in [3.05, 3.63) is 28.6 Å². The van der Waals surface area contributed by atoms with E-state index in [2.05, 4.69) is 16.8 Å². The predicted molar refractivity (Wildman–Crippen MR) is 95.8 cm³/mol. The Labute approximate surface area is 149 Å². The van der Waals surface area contributed by atoms with E-state index in [4.69, 9.17) is 4.74 Å². The van der Waals surface area contributed by atoms with E-state index in [1.165, 1.54) is 0 Å². The number of nitrogens with zero attached hydrogens (tertiary/aromatic N) is 2. The average molecular weight is 345 g/mol. The van der Waals surface area contributed by atoms with Crippen LogP contribution in [0.15, 0.2) is 11.6 Å². The molecule has 1 saturated carbocycles.